The second-order valence-corrected chi connectivity index (χ2v) is 2.40. The molecule has 0 aliphatic heterocycles. The van der Waals surface area contributed by atoms with Crippen molar-refractivity contribution in [2.45, 2.75) is 18.4 Å². The van der Waals surface area contributed by atoms with Crippen molar-refractivity contribution in [2.75, 3.05) is 0 Å². The first kappa shape index (κ1) is 25.1. The van der Waals surface area contributed by atoms with Crippen LogP contribution in [0.15, 0.2) is 0 Å². The summed E-state index contributed by atoms with van der Waals surface area (Å²) in [4.78, 5) is 30.0. The molecule has 16 heavy (non-hydrogen) atoms. The Balaban J connectivity index is -0.000000240. The summed E-state index contributed by atoms with van der Waals surface area (Å²) >= 11 is 0. The Morgan fingerprint density at radius 3 is 1.31 bits per heavy atom. The number of rotatable bonds is 5. The fourth-order valence-corrected chi connectivity index (χ4v) is 0.680. The van der Waals surface area contributed by atoms with Crippen molar-refractivity contribution in [1.82, 2.24) is 0 Å². The van der Waals surface area contributed by atoms with E-state index in [1.807, 2.05) is 0 Å². The van der Waals surface area contributed by atoms with Crippen molar-refractivity contribution < 1.29 is 91.4 Å². The zero-order valence-electron chi connectivity index (χ0n) is 9.31. The summed E-state index contributed by atoms with van der Waals surface area (Å²) in [6.45, 7) is 0. The first-order valence-electron chi connectivity index (χ1n) is 3.11. The van der Waals surface area contributed by atoms with Gasteiger partial charge in [0.1, 0.15) is 0 Å². The molecule has 0 aromatic heterocycles. The zero-order valence-corrected chi connectivity index (χ0v) is 9.31. The molecule has 0 aromatic carbocycles. The molecule has 0 saturated carbocycles. The van der Waals surface area contributed by atoms with Crippen LogP contribution in [0, 0.1) is 0 Å². The van der Waals surface area contributed by atoms with E-state index in [2.05, 4.69) is 0 Å². The van der Waals surface area contributed by atoms with E-state index in [1.54, 1.807) is 0 Å². The SMILES string of the molecule is O=C([O-])CC([O-])(CC(=O)[O-])C(=O)O.[Li+].[Li+].[Li+]. The summed E-state index contributed by atoms with van der Waals surface area (Å²) in [6, 6.07) is 0. The molecular formula is C6H5Li3O7. The Morgan fingerprint density at radius 2 is 1.19 bits per heavy atom. The third kappa shape index (κ3) is 9.39. The number of carboxylic acids is 3. The minimum Gasteiger partial charge on any atom is -0.841 e. The van der Waals surface area contributed by atoms with Gasteiger partial charge in [0.25, 0.3) is 5.97 Å². The predicted octanol–water partition coefficient (Wildman–Crippen LogP) is -13.5. The van der Waals surface area contributed by atoms with Crippen LogP contribution in [0.2, 0.25) is 0 Å². The maximum absolute atomic E-state index is 11.0. The Hall–Kier alpha value is 0.162. The van der Waals surface area contributed by atoms with Crippen LogP contribution in [0.5, 0.6) is 0 Å². The maximum Gasteiger partial charge on any atom is 1.00 e. The maximum atomic E-state index is 11.0. The standard InChI is InChI=1S/C6H7O7.3Li/c7-3(8)1-6(13,5(11)12)2-4(9)10;;;/h1-2H2,(H,7,8)(H,9,10)(H,11,12);;;/q-1;3*+1/p-2. The second-order valence-electron chi connectivity index (χ2n) is 2.40. The van der Waals surface area contributed by atoms with Crippen LogP contribution >= 0.6 is 0 Å². The summed E-state index contributed by atoms with van der Waals surface area (Å²) < 4.78 is 0. The smallest absolute Gasteiger partial charge is 0.841 e. The van der Waals surface area contributed by atoms with E-state index in [1.165, 1.54) is 0 Å². The second kappa shape index (κ2) is 10.3. The van der Waals surface area contributed by atoms with Gasteiger partial charge in [-0.25, -0.2) is 0 Å². The van der Waals surface area contributed by atoms with Gasteiger partial charge < -0.3 is 30.0 Å². The van der Waals surface area contributed by atoms with Gasteiger partial charge >= 0.3 is 56.6 Å². The third-order valence-corrected chi connectivity index (χ3v) is 1.25. The van der Waals surface area contributed by atoms with Crippen LogP contribution in [0.3, 0.4) is 0 Å². The number of hydrogen-bond donors (Lipinski definition) is 1. The van der Waals surface area contributed by atoms with Crippen LogP contribution in [0.4, 0.5) is 0 Å². The minimum absolute atomic E-state index is 0. The zero-order chi connectivity index (χ0) is 10.6. The van der Waals surface area contributed by atoms with Gasteiger partial charge in [0.2, 0.25) is 0 Å². The van der Waals surface area contributed by atoms with Crippen LogP contribution in [-0.4, -0.2) is 28.6 Å². The largest absolute Gasteiger partial charge is 1.00 e. The molecule has 0 aromatic rings. The number of carbonyl (C=O) groups excluding carboxylic acids is 2. The van der Waals surface area contributed by atoms with Gasteiger partial charge in [-0.3, -0.25) is 4.79 Å². The Morgan fingerprint density at radius 1 is 0.938 bits per heavy atom. The van der Waals surface area contributed by atoms with Crippen molar-refractivity contribution >= 4 is 17.9 Å². The predicted molar refractivity (Wildman–Crippen MR) is 29.6 cm³/mol. The number of hydrogen-bond acceptors (Lipinski definition) is 6. The molecule has 10 heteroatoms. The summed E-state index contributed by atoms with van der Waals surface area (Å²) in [7, 11) is 0. The van der Waals surface area contributed by atoms with E-state index in [4.69, 9.17) is 5.11 Å². The molecule has 0 amide bonds. The summed E-state index contributed by atoms with van der Waals surface area (Å²) in [5, 5.41) is 39.0. The fourth-order valence-electron chi connectivity index (χ4n) is 0.680. The third-order valence-electron chi connectivity index (χ3n) is 1.25. The Kier molecular flexibility index (Phi) is 16.2. The quantitative estimate of drug-likeness (QED) is 0.444. The van der Waals surface area contributed by atoms with Gasteiger partial charge in [-0.1, -0.05) is 0 Å². The Labute approximate surface area is 127 Å². The summed E-state index contributed by atoms with van der Waals surface area (Å²) in [5.41, 5.74) is -3.11. The molecule has 0 heterocycles. The molecule has 0 bridgehead atoms. The van der Waals surface area contributed by atoms with Gasteiger partial charge in [-0.2, -0.15) is 0 Å². The number of carbonyl (C=O) groups is 3. The van der Waals surface area contributed by atoms with Crippen LogP contribution in [-0.2, 0) is 14.4 Å². The topological polar surface area (TPSA) is 141 Å². The summed E-state index contributed by atoms with van der Waals surface area (Å²) in [6.07, 6.45) is -2.81. The average molecular weight is 210 g/mol. The molecule has 1 N–H and O–H groups in total. The van der Waals surface area contributed by atoms with E-state index in [0.29, 0.717) is 0 Å². The van der Waals surface area contributed by atoms with Gasteiger partial charge in [-0.15, -0.1) is 0 Å². The van der Waals surface area contributed by atoms with Crippen molar-refractivity contribution in [3.63, 3.8) is 0 Å². The van der Waals surface area contributed by atoms with Crippen LogP contribution < -0.4 is 71.9 Å². The van der Waals surface area contributed by atoms with E-state index >= 15 is 0 Å². The molecule has 0 atom stereocenters. The van der Waals surface area contributed by atoms with Crippen LogP contribution in [0.1, 0.15) is 12.8 Å². The van der Waals surface area contributed by atoms with Crippen molar-refractivity contribution in [2.24, 2.45) is 0 Å². The molecular weight excluding hydrogens is 205 g/mol. The van der Waals surface area contributed by atoms with Gasteiger partial charge in [-0.05, 0) is 18.4 Å². The van der Waals surface area contributed by atoms with Crippen molar-refractivity contribution in [3.05, 3.63) is 0 Å². The normalized spacial score (nSPS) is 8.81. The minimum atomic E-state index is -3.11. The Bertz CT molecular complexity index is 239. The molecule has 0 unspecified atom stereocenters. The van der Waals surface area contributed by atoms with E-state index in [9.17, 15) is 29.7 Å². The van der Waals surface area contributed by atoms with E-state index in [0.717, 1.165) is 0 Å². The number of aliphatic carboxylic acids is 3. The van der Waals surface area contributed by atoms with Gasteiger partial charge in [0, 0.05) is 11.9 Å². The molecule has 0 rings (SSSR count). The first-order chi connectivity index (χ1) is 5.78. The first-order valence-corrected chi connectivity index (χ1v) is 3.11. The summed E-state index contributed by atoms with van der Waals surface area (Å²) in [5.74, 6) is -5.89. The monoisotopic (exact) mass is 210 g/mol. The molecule has 74 valence electrons. The molecule has 0 spiro atoms. The van der Waals surface area contributed by atoms with Crippen LogP contribution in [0.25, 0.3) is 0 Å². The molecule has 0 fully saturated rings. The van der Waals surface area contributed by atoms with E-state index < -0.39 is 36.4 Å². The molecule has 0 radical (unpaired) electrons. The molecule has 0 aliphatic carbocycles. The van der Waals surface area contributed by atoms with E-state index in [-0.39, 0.29) is 56.6 Å². The van der Waals surface area contributed by atoms with Gasteiger partial charge in [0.15, 0.2) is 0 Å². The van der Waals surface area contributed by atoms with Gasteiger partial charge in [0.05, 0.1) is 0 Å². The molecule has 0 saturated heterocycles. The number of carboxylic acid groups (broad SMARTS) is 3. The van der Waals surface area contributed by atoms with Crippen molar-refractivity contribution in [1.29, 1.82) is 0 Å². The fraction of sp³-hybridized carbons (Fsp3) is 0.500. The molecule has 7 nitrogen and oxygen atoms in total. The molecule has 0 aliphatic rings. The van der Waals surface area contributed by atoms with Crippen molar-refractivity contribution in [3.8, 4) is 0 Å². The average Bonchev–Trinajstić information content (AvgIpc) is 1.82.